The molecule has 0 amide bonds. The van der Waals surface area contributed by atoms with Crippen LogP contribution in [0.15, 0.2) is 24.3 Å². The fourth-order valence-corrected chi connectivity index (χ4v) is 1.90. The summed E-state index contributed by atoms with van der Waals surface area (Å²) in [5, 5.41) is 9.76. The lowest BCUT2D eigenvalue weighted by molar-refractivity contribution is -0.358. The van der Waals surface area contributed by atoms with Gasteiger partial charge in [0.1, 0.15) is 5.75 Å². The van der Waals surface area contributed by atoms with Gasteiger partial charge in [0.15, 0.2) is 0 Å². The van der Waals surface area contributed by atoms with Crippen molar-refractivity contribution in [2.24, 2.45) is 0 Å². The van der Waals surface area contributed by atoms with Gasteiger partial charge in [-0.15, -0.1) is 0 Å². The lowest BCUT2D eigenvalue weighted by Crippen LogP contribution is -2.52. The first kappa shape index (κ1) is 20.5. The molecule has 0 heterocycles. The van der Waals surface area contributed by atoms with Crippen molar-refractivity contribution >= 4 is 0 Å². The summed E-state index contributed by atoms with van der Waals surface area (Å²) in [4.78, 5) is 0. The predicted molar refractivity (Wildman–Crippen MR) is 72.4 cm³/mol. The monoisotopic (exact) mass is 362 g/mol. The summed E-state index contributed by atoms with van der Waals surface area (Å²) in [6.45, 7) is 2.05. The molecule has 1 unspecified atom stereocenters. The van der Waals surface area contributed by atoms with Crippen LogP contribution >= 0.6 is 0 Å². The van der Waals surface area contributed by atoms with E-state index in [1.807, 2.05) is 6.92 Å². The Morgan fingerprint density at radius 2 is 1.62 bits per heavy atom. The zero-order valence-corrected chi connectivity index (χ0v) is 12.7. The van der Waals surface area contributed by atoms with Crippen LogP contribution in [0.3, 0.4) is 0 Å². The van der Waals surface area contributed by atoms with Crippen molar-refractivity contribution in [3.8, 4) is 5.75 Å². The minimum atomic E-state index is -6.42. The number of aliphatic hydroxyl groups is 1. The maximum absolute atomic E-state index is 13.4. The normalized spacial score (nSPS) is 14.5. The molecule has 1 rings (SSSR count). The average molecular weight is 362 g/mol. The molecule has 1 aromatic carbocycles. The van der Waals surface area contributed by atoms with Crippen molar-refractivity contribution in [3.63, 3.8) is 0 Å². The van der Waals surface area contributed by atoms with Crippen LogP contribution in [0.5, 0.6) is 5.75 Å². The number of aliphatic hydroxyl groups excluding tert-OH is 1. The summed E-state index contributed by atoms with van der Waals surface area (Å²) in [7, 11) is 0. The van der Waals surface area contributed by atoms with E-state index in [4.69, 9.17) is 4.74 Å². The van der Waals surface area contributed by atoms with Gasteiger partial charge in [0.25, 0.3) is 0 Å². The molecule has 0 aliphatic carbocycles. The van der Waals surface area contributed by atoms with Crippen LogP contribution in [0.4, 0.5) is 30.7 Å². The van der Waals surface area contributed by atoms with Crippen molar-refractivity contribution < 1.29 is 40.6 Å². The molecule has 0 bridgehead atoms. The van der Waals surface area contributed by atoms with Crippen LogP contribution < -0.4 is 4.74 Å². The van der Waals surface area contributed by atoms with Gasteiger partial charge in [-0.2, -0.15) is 30.7 Å². The summed E-state index contributed by atoms with van der Waals surface area (Å²) in [5.74, 6) is -11.8. The number of ether oxygens (including phenoxy) is 1. The van der Waals surface area contributed by atoms with E-state index < -0.39 is 30.5 Å². The molecule has 138 valence electrons. The first-order chi connectivity index (χ1) is 10.9. The molecule has 0 radical (unpaired) electrons. The van der Waals surface area contributed by atoms with Crippen molar-refractivity contribution in [2.75, 3.05) is 6.61 Å². The van der Waals surface area contributed by atoms with Gasteiger partial charge >= 0.3 is 18.0 Å². The smallest absolute Gasteiger partial charge is 0.459 e. The van der Waals surface area contributed by atoms with E-state index in [0.29, 0.717) is 6.42 Å². The fraction of sp³-hybridized carbons (Fsp3) is 0.600. The standard InChI is InChI=1S/C15H17F7O2/c1-2-3-8-24-12-7-5-4-6-10(12)11(23)9-13(16,17)14(18,19)15(20,21)22/h4-7,11,23H,2-3,8-9H2,1H3. The minimum absolute atomic E-state index is 0.0374. The second-order valence-electron chi connectivity index (χ2n) is 5.24. The maximum atomic E-state index is 13.4. The molecule has 2 nitrogen and oxygen atoms in total. The Labute approximate surface area is 134 Å². The van der Waals surface area contributed by atoms with Crippen LogP contribution in [-0.4, -0.2) is 29.7 Å². The maximum Gasteiger partial charge on any atom is 0.459 e. The van der Waals surface area contributed by atoms with Crippen molar-refractivity contribution in [1.29, 1.82) is 0 Å². The lowest BCUT2D eigenvalue weighted by Gasteiger charge is -2.30. The molecule has 0 saturated carbocycles. The second kappa shape index (κ2) is 7.58. The molecule has 1 aromatic rings. The predicted octanol–water partition coefficient (Wildman–Crippen LogP) is 5.12. The summed E-state index contributed by atoms with van der Waals surface area (Å²) < 4.78 is 94.3. The Kier molecular flexibility index (Phi) is 6.49. The highest BCUT2D eigenvalue weighted by atomic mass is 19.4. The van der Waals surface area contributed by atoms with Crippen molar-refractivity contribution in [3.05, 3.63) is 29.8 Å². The molecular weight excluding hydrogens is 345 g/mol. The van der Waals surface area contributed by atoms with Crippen LogP contribution in [0.1, 0.15) is 37.9 Å². The molecule has 0 aliphatic rings. The Hall–Kier alpha value is -1.51. The van der Waals surface area contributed by atoms with Crippen LogP contribution in [-0.2, 0) is 0 Å². The topological polar surface area (TPSA) is 29.5 Å². The van der Waals surface area contributed by atoms with Gasteiger partial charge in [0.2, 0.25) is 0 Å². The molecule has 0 fully saturated rings. The Morgan fingerprint density at radius 1 is 1.04 bits per heavy atom. The van der Waals surface area contributed by atoms with Gasteiger partial charge in [-0.3, -0.25) is 0 Å². The van der Waals surface area contributed by atoms with Gasteiger partial charge in [0.05, 0.1) is 12.7 Å². The van der Waals surface area contributed by atoms with Crippen molar-refractivity contribution in [1.82, 2.24) is 0 Å². The van der Waals surface area contributed by atoms with Crippen LogP contribution in [0, 0.1) is 0 Å². The Balaban J connectivity index is 2.97. The zero-order chi connectivity index (χ0) is 18.6. The van der Waals surface area contributed by atoms with Gasteiger partial charge in [-0.1, -0.05) is 31.5 Å². The van der Waals surface area contributed by atoms with Gasteiger partial charge in [0, 0.05) is 12.0 Å². The van der Waals surface area contributed by atoms with E-state index in [2.05, 4.69) is 0 Å². The average Bonchev–Trinajstić information content (AvgIpc) is 2.46. The number of rotatable bonds is 8. The molecule has 0 aromatic heterocycles. The number of hydrogen-bond donors (Lipinski definition) is 1. The van der Waals surface area contributed by atoms with Gasteiger partial charge in [-0.25, -0.2) is 0 Å². The number of benzene rings is 1. The van der Waals surface area contributed by atoms with E-state index in [0.717, 1.165) is 12.5 Å². The van der Waals surface area contributed by atoms with Gasteiger partial charge < -0.3 is 9.84 Å². The van der Waals surface area contributed by atoms with E-state index in [9.17, 15) is 35.8 Å². The van der Waals surface area contributed by atoms with E-state index in [-0.39, 0.29) is 17.9 Å². The SMILES string of the molecule is CCCCOc1ccccc1C(O)CC(F)(F)C(F)(F)C(F)(F)F. The van der Waals surface area contributed by atoms with E-state index in [1.54, 1.807) is 0 Å². The molecular formula is C15H17F7O2. The summed E-state index contributed by atoms with van der Waals surface area (Å²) in [6, 6.07) is 5.23. The molecule has 1 atom stereocenters. The highest BCUT2D eigenvalue weighted by molar-refractivity contribution is 5.35. The molecule has 0 spiro atoms. The number of alkyl halides is 7. The molecule has 9 heteroatoms. The highest BCUT2D eigenvalue weighted by Crippen LogP contribution is 2.50. The van der Waals surface area contributed by atoms with E-state index >= 15 is 0 Å². The number of halogens is 7. The lowest BCUT2D eigenvalue weighted by atomic mass is 9.98. The quantitative estimate of drug-likeness (QED) is 0.514. The third-order valence-electron chi connectivity index (χ3n) is 3.30. The Bertz CT molecular complexity index is 529. The van der Waals surface area contributed by atoms with Crippen molar-refractivity contribution in [2.45, 2.75) is 50.3 Å². The zero-order valence-electron chi connectivity index (χ0n) is 12.7. The van der Waals surface area contributed by atoms with Crippen LogP contribution in [0.25, 0.3) is 0 Å². The summed E-state index contributed by atoms with van der Waals surface area (Å²) in [6.07, 6.45) is -9.37. The number of para-hydroxylation sites is 1. The molecule has 24 heavy (non-hydrogen) atoms. The summed E-state index contributed by atoms with van der Waals surface area (Å²) >= 11 is 0. The fourth-order valence-electron chi connectivity index (χ4n) is 1.90. The number of unbranched alkanes of at least 4 members (excludes halogenated alkanes) is 1. The molecule has 1 N–H and O–H groups in total. The van der Waals surface area contributed by atoms with Crippen LogP contribution in [0.2, 0.25) is 0 Å². The Morgan fingerprint density at radius 3 is 2.17 bits per heavy atom. The molecule has 0 aliphatic heterocycles. The molecule has 0 saturated heterocycles. The highest BCUT2D eigenvalue weighted by Gasteiger charge is 2.72. The van der Waals surface area contributed by atoms with Gasteiger partial charge in [-0.05, 0) is 12.5 Å². The largest absolute Gasteiger partial charge is 0.493 e. The minimum Gasteiger partial charge on any atom is -0.493 e. The van der Waals surface area contributed by atoms with E-state index in [1.165, 1.54) is 18.2 Å². The summed E-state index contributed by atoms with van der Waals surface area (Å²) in [5.41, 5.74) is -0.272. The second-order valence-corrected chi connectivity index (χ2v) is 5.24. The third-order valence-corrected chi connectivity index (χ3v) is 3.30. The first-order valence-electron chi connectivity index (χ1n) is 7.16. The first-order valence-corrected chi connectivity index (χ1v) is 7.16. The third kappa shape index (κ3) is 4.52. The number of hydrogen-bond acceptors (Lipinski definition) is 2.